The second kappa shape index (κ2) is 7.01. The largest absolute Gasteiger partial charge is 0.397 e. The number of nitrogens with zero attached hydrogens (tertiary/aromatic N) is 1. The number of anilines is 2. The molecule has 1 aliphatic rings. The number of hydrogen-bond donors (Lipinski definition) is 2. The van der Waals surface area contributed by atoms with Gasteiger partial charge in [0.05, 0.1) is 24.6 Å². The van der Waals surface area contributed by atoms with Crippen molar-refractivity contribution in [3.63, 3.8) is 0 Å². The molecule has 0 spiro atoms. The highest BCUT2D eigenvalue weighted by atomic mass is 16.5. The Kier molecular flexibility index (Phi) is 5.29. The SMILES string of the molecule is CC(C)(C)NC(=O)CCc1ccc(N2CCOCC2)c(N)c1. The second-order valence-corrected chi connectivity index (χ2v) is 6.79. The first-order valence-corrected chi connectivity index (χ1v) is 7.87. The van der Waals surface area contributed by atoms with E-state index in [1.165, 1.54) is 0 Å². The molecule has 122 valence electrons. The van der Waals surface area contributed by atoms with Crippen LogP contribution in [-0.4, -0.2) is 37.7 Å². The molecule has 5 nitrogen and oxygen atoms in total. The summed E-state index contributed by atoms with van der Waals surface area (Å²) in [5, 5.41) is 2.97. The van der Waals surface area contributed by atoms with Crippen LogP contribution in [0, 0.1) is 0 Å². The molecule has 1 aromatic rings. The van der Waals surface area contributed by atoms with Gasteiger partial charge in [-0.2, -0.15) is 0 Å². The van der Waals surface area contributed by atoms with Gasteiger partial charge in [-0.15, -0.1) is 0 Å². The lowest BCUT2D eigenvalue weighted by Gasteiger charge is -2.30. The van der Waals surface area contributed by atoms with Crippen LogP contribution in [0.15, 0.2) is 18.2 Å². The van der Waals surface area contributed by atoms with Gasteiger partial charge in [0.15, 0.2) is 0 Å². The zero-order valence-electron chi connectivity index (χ0n) is 13.8. The molecule has 5 heteroatoms. The molecule has 1 fully saturated rings. The highest BCUT2D eigenvalue weighted by molar-refractivity contribution is 5.77. The van der Waals surface area contributed by atoms with Crippen LogP contribution < -0.4 is 16.0 Å². The number of ether oxygens (including phenoxy) is 1. The summed E-state index contributed by atoms with van der Waals surface area (Å²) in [6.07, 6.45) is 1.18. The third-order valence-corrected chi connectivity index (χ3v) is 3.60. The van der Waals surface area contributed by atoms with Gasteiger partial charge in [-0.05, 0) is 44.9 Å². The van der Waals surface area contributed by atoms with Crippen LogP contribution in [0.4, 0.5) is 11.4 Å². The van der Waals surface area contributed by atoms with Crippen molar-refractivity contribution >= 4 is 17.3 Å². The smallest absolute Gasteiger partial charge is 0.220 e. The summed E-state index contributed by atoms with van der Waals surface area (Å²) in [6, 6.07) is 6.10. The van der Waals surface area contributed by atoms with E-state index in [0.29, 0.717) is 12.8 Å². The van der Waals surface area contributed by atoms with Gasteiger partial charge < -0.3 is 20.7 Å². The van der Waals surface area contributed by atoms with Gasteiger partial charge in [0.1, 0.15) is 0 Å². The predicted octanol–water partition coefficient (Wildman–Crippen LogP) is 1.95. The molecule has 1 aliphatic heterocycles. The normalized spacial score (nSPS) is 15.7. The van der Waals surface area contributed by atoms with E-state index in [1.54, 1.807) is 0 Å². The molecule has 1 aromatic carbocycles. The monoisotopic (exact) mass is 305 g/mol. The molecule has 0 aliphatic carbocycles. The number of carbonyl (C=O) groups is 1. The fourth-order valence-electron chi connectivity index (χ4n) is 2.59. The number of benzene rings is 1. The van der Waals surface area contributed by atoms with Crippen molar-refractivity contribution in [2.75, 3.05) is 36.9 Å². The lowest BCUT2D eigenvalue weighted by atomic mass is 10.1. The van der Waals surface area contributed by atoms with Crippen LogP contribution in [0.2, 0.25) is 0 Å². The second-order valence-electron chi connectivity index (χ2n) is 6.79. The maximum Gasteiger partial charge on any atom is 0.220 e. The number of carbonyl (C=O) groups excluding carboxylic acids is 1. The number of nitrogens with one attached hydrogen (secondary N) is 1. The van der Waals surface area contributed by atoms with Crippen LogP contribution in [0.3, 0.4) is 0 Å². The molecular formula is C17H27N3O2. The lowest BCUT2D eigenvalue weighted by Crippen LogP contribution is -2.40. The fourth-order valence-corrected chi connectivity index (χ4v) is 2.59. The van der Waals surface area contributed by atoms with Crippen LogP contribution in [0.25, 0.3) is 0 Å². The zero-order chi connectivity index (χ0) is 16.2. The molecule has 0 aromatic heterocycles. The summed E-state index contributed by atoms with van der Waals surface area (Å²) >= 11 is 0. The Morgan fingerprint density at radius 2 is 2.00 bits per heavy atom. The van der Waals surface area contributed by atoms with E-state index in [4.69, 9.17) is 10.5 Å². The van der Waals surface area contributed by atoms with Crippen molar-refractivity contribution < 1.29 is 9.53 Å². The summed E-state index contributed by atoms with van der Waals surface area (Å²) in [6.45, 7) is 9.19. The zero-order valence-corrected chi connectivity index (χ0v) is 13.8. The van der Waals surface area contributed by atoms with Crippen molar-refractivity contribution in [3.8, 4) is 0 Å². The number of rotatable bonds is 4. The van der Waals surface area contributed by atoms with E-state index in [2.05, 4.69) is 22.3 Å². The van der Waals surface area contributed by atoms with Gasteiger partial charge >= 0.3 is 0 Å². The maximum absolute atomic E-state index is 11.9. The fraction of sp³-hybridized carbons (Fsp3) is 0.588. The van der Waals surface area contributed by atoms with Gasteiger partial charge in [0.25, 0.3) is 0 Å². The third kappa shape index (κ3) is 4.91. The summed E-state index contributed by atoms with van der Waals surface area (Å²) in [7, 11) is 0. The minimum Gasteiger partial charge on any atom is -0.397 e. The van der Waals surface area contributed by atoms with Gasteiger partial charge in [0.2, 0.25) is 5.91 Å². The third-order valence-electron chi connectivity index (χ3n) is 3.60. The number of hydrogen-bond acceptors (Lipinski definition) is 4. The Balaban J connectivity index is 1.93. The molecule has 1 heterocycles. The van der Waals surface area contributed by atoms with Crippen molar-refractivity contribution in [1.29, 1.82) is 0 Å². The summed E-state index contributed by atoms with van der Waals surface area (Å²) in [4.78, 5) is 14.1. The molecular weight excluding hydrogens is 278 g/mol. The molecule has 0 saturated carbocycles. The molecule has 0 atom stereocenters. The Hall–Kier alpha value is -1.75. The number of aryl methyl sites for hydroxylation is 1. The average Bonchev–Trinajstić information content (AvgIpc) is 2.44. The quantitative estimate of drug-likeness (QED) is 0.834. The summed E-state index contributed by atoms with van der Waals surface area (Å²) in [5.41, 5.74) is 8.92. The lowest BCUT2D eigenvalue weighted by molar-refractivity contribution is -0.122. The van der Waals surface area contributed by atoms with Gasteiger partial charge in [0, 0.05) is 25.0 Å². The van der Waals surface area contributed by atoms with Crippen molar-refractivity contribution in [1.82, 2.24) is 5.32 Å². The van der Waals surface area contributed by atoms with E-state index >= 15 is 0 Å². The minimum atomic E-state index is -0.184. The Bertz CT molecular complexity index is 517. The van der Waals surface area contributed by atoms with E-state index in [-0.39, 0.29) is 11.4 Å². The molecule has 1 amide bonds. The van der Waals surface area contributed by atoms with Gasteiger partial charge in [-0.25, -0.2) is 0 Å². The first-order valence-electron chi connectivity index (χ1n) is 7.87. The number of nitrogens with two attached hydrogens (primary N) is 1. The average molecular weight is 305 g/mol. The molecule has 3 N–H and O–H groups in total. The highest BCUT2D eigenvalue weighted by Crippen LogP contribution is 2.25. The van der Waals surface area contributed by atoms with Crippen LogP contribution >= 0.6 is 0 Å². The van der Waals surface area contributed by atoms with Crippen molar-refractivity contribution in [3.05, 3.63) is 23.8 Å². The molecule has 1 saturated heterocycles. The Morgan fingerprint density at radius 3 is 2.59 bits per heavy atom. The van der Waals surface area contributed by atoms with E-state index in [1.807, 2.05) is 26.8 Å². The van der Waals surface area contributed by atoms with Crippen LogP contribution in [-0.2, 0) is 16.0 Å². The predicted molar refractivity (Wildman–Crippen MR) is 90.1 cm³/mol. The van der Waals surface area contributed by atoms with E-state index in [9.17, 15) is 4.79 Å². The van der Waals surface area contributed by atoms with Gasteiger partial charge in [-0.3, -0.25) is 4.79 Å². The van der Waals surface area contributed by atoms with Crippen molar-refractivity contribution in [2.24, 2.45) is 0 Å². The maximum atomic E-state index is 11.9. The summed E-state index contributed by atoms with van der Waals surface area (Å²) in [5.74, 6) is 0.0725. The van der Waals surface area contributed by atoms with Gasteiger partial charge in [-0.1, -0.05) is 6.07 Å². The number of morpholine rings is 1. The van der Waals surface area contributed by atoms with Crippen LogP contribution in [0.5, 0.6) is 0 Å². The molecule has 2 rings (SSSR count). The molecule has 22 heavy (non-hydrogen) atoms. The molecule has 0 bridgehead atoms. The molecule has 0 radical (unpaired) electrons. The number of amides is 1. The van der Waals surface area contributed by atoms with E-state index in [0.717, 1.165) is 43.2 Å². The number of nitrogen functional groups attached to an aromatic ring is 1. The standard InChI is InChI=1S/C17H27N3O2/c1-17(2,3)19-16(21)7-5-13-4-6-15(14(18)12-13)20-8-10-22-11-9-20/h4,6,12H,5,7-11,18H2,1-3H3,(H,19,21). The van der Waals surface area contributed by atoms with Crippen molar-refractivity contribution in [2.45, 2.75) is 39.2 Å². The highest BCUT2D eigenvalue weighted by Gasteiger charge is 2.15. The Labute approximate surface area is 132 Å². The van der Waals surface area contributed by atoms with Crippen LogP contribution in [0.1, 0.15) is 32.8 Å². The van der Waals surface area contributed by atoms with E-state index < -0.39 is 0 Å². The summed E-state index contributed by atoms with van der Waals surface area (Å²) < 4.78 is 5.36. The first-order chi connectivity index (χ1) is 10.3. The molecule has 0 unspecified atom stereocenters. The topological polar surface area (TPSA) is 67.6 Å². The minimum absolute atomic E-state index is 0.0725. The Morgan fingerprint density at radius 1 is 1.32 bits per heavy atom. The first kappa shape index (κ1) is 16.6.